The van der Waals surface area contributed by atoms with Crippen molar-refractivity contribution in [1.29, 1.82) is 0 Å². The van der Waals surface area contributed by atoms with Crippen LogP contribution in [-0.4, -0.2) is 17.6 Å². The Bertz CT molecular complexity index is 450. The minimum atomic E-state index is 0.722. The predicted molar refractivity (Wildman–Crippen MR) is 76.4 cm³/mol. The molecule has 0 unspecified atom stereocenters. The standard InChI is InChI=1S/C16H24N2O/c1-11-9-12(2)18-16(19-8-7-13-3-4-13)15(11)10-17-14-5-6-14/h9,13-14,17H,3-8,10H2,1-2H3. The van der Waals surface area contributed by atoms with Crippen LogP contribution in [0, 0.1) is 19.8 Å². The van der Waals surface area contributed by atoms with Crippen molar-refractivity contribution in [2.45, 2.75) is 58.5 Å². The molecule has 1 heterocycles. The van der Waals surface area contributed by atoms with E-state index in [0.717, 1.165) is 36.7 Å². The van der Waals surface area contributed by atoms with Crippen LogP contribution in [0.25, 0.3) is 0 Å². The number of hydrogen-bond acceptors (Lipinski definition) is 3. The maximum Gasteiger partial charge on any atom is 0.218 e. The van der Waals surface area contributed by atoms with Crippen molar-refractivity contribution in [2.24, 2.45) is 5.92 Å². The molecule has 2 fully saturated rings. The van der Waals surface area contributed by atoms with Crippen LogP contribution in [0.1, 0.15) is 48.9 Å². The highest BCUT2D eigenvalue weighted by atomic mass is 16.5. The van der Waals surface area contributed by atoms with Crippen molar-refractivity contribution >= 4 is 0 Å². The first-order valence-electron chi connectivity index (χ1n) is 7.55. The minimum Gasteiger partial charge on any atom is -0.477 e. The maximum absolute atomic E-state index is 5.95. The van der Waals surface area contributed by atoms with Gasteiger partial charge in [-0.25, -0.2) is 4.98 Å². The van der Waals surface area contributed by atoms with E-state index in [2.05, 4.69) is 23.3 Å². The molecule has 1 N–H and O–H groups in total. The molecule has 0 aliphatic heterocycles. The van der Waals surface area contributed by atoms with Gasteiger partial charge in [-0.15, -0.1) is 0 Å². The van der Waals surface area contributed by atoms with E-state index in [-0.39, 0.29) is 0 Å². The topological polar surface area (TPSA) is 34.1 Å². The lowest BCUT2D eigenvalue weighted by molar-refractivity contribution is 0.286. The van der Waals surface area contributed by atoms with Crippen molar-refractivity contribution in [1.82, 2.24) is 10.3 Å². The van der Waals surface area contributed by atoms with E-state index in [4.69, 9.17) is 4.74 Å². The number of rotatable bonds is 7. The lowest BCUT2D eigenvalue weighted by atomic mass is 10.1. The molecule has 0 spiro atoms. The van der Waals surface area contributed by atoms with E-state index in [1.165, 1.54) is 43.2 Å². The predicted octanol–water partition coefficient (Wildman–Crippen LogP) is 3.13. The van der Waals surface area contributed by atoms with Crippen molar-refractivity contribution in [2.75, 3.05) is 6.61 Å². The number of nitrogens with zero attached hydrogens (tertiary/aromatic N) is 1. The molecule has 0 saturated heterocycles. The Labute approximate surface area is 115 Å². The second-order valence-corrected chi connectivity index (χ2v) is 6.10. The molecule has 2 aliphatic rings. The monoisotopic (exact) mass is 260 g/mol. The van der Waals surface area contributed by atoms with Gasteiger partial charge in [-0.3, -0.25) is 0 Å². The van der Waals surface area contributed by atoms with Crippen LogP contribution in [-0.2, 0) is 6.54 Å². The van der Waals surface area contributed by atoms with E-state index >= 15 is 0 Å². The number of hydrogen-bond donors (Lipinski definition) is 1. The zero-order valence-electron chi connectivity index (χ0n) is 12.0. The summed E-state index contributed by atoms with van der Waals surface area (Å²) in [7, 11) is 0. The van der Waals surface area contributed by atoms with Gasteiger partial charge in [-0.05, 0) is 50.7 Å². The lowest BCUT2D eigenvalue weighted by Gasteiger charge is -2.14. The first-order chi connectivity index (χ1) is 9.22. The summed E-state index contributed by atoms with van der Waals surface area (Å²) in [5, 5.41) is 3.57. The molecule has 3 heteroatoms. The van der Waals surface area contributed by atoms with Gasteiger partial charge < -0.3 is 10.1 Å². The van der Waals surface area contributed by atoms with Gasteiger partial charge in [0.1, 0.15) is 0 Å². The average molecular weight is 260 g/mol. The fraction of sp³-hybridized carbons (Fsp3) is 0.688. The summed E-state index contributed by atoms with van der Waals surface area (Å²) in [6.07, 6.45) is 6.59. The van der Waals surface area contributed by atoms with Crippen LogP contribution >= 0.6 is 0 Å². The molecule has 3 nitrogen and oxygen atoms in total. The van der Waals surface area contributed by atoms with E-state index in [1.807, 2.05) is 6.92 Å². The van der Waals surface area contributed by atoms with Gasteiger partial charge in [0.15, 0.2) is 0 Å². The molecule has 0 atom stereocenters. The molecule has 1 aromatic heterocycles. The largest absolute Gasteiger partial charge is 0.477 e. The quantitative estimate of drug-likeness (QED) is 0.818. The van der Waals surface area contributed by atoms with E-state index in [1.54, 1.807) is 0 Å². The molecule has 19 heavy (non-hydrogen) atoms. The highest BCUT2D eigenvalue weighted by molar-refractivity contribution is 5.36. The van der Waals surface area contributed by atoms with Crippen LogP contribution in [0.15, 0.2) is 6.07 Å². The number of aromatic nitrogens is 1. The molecule has 3 rings (SSSR count). The second-order valence-electron chi connectivity index (χ2n) is 6.10. The van der Waals surface area contributed by atoms with Gasteiger partial charge in [0.2, 0.25) is 5.88 Å². The normalized spacial score (nSPS) is 18.6. The smallest absolute Gasteiger partial charge is 0.218 e. The molecular formula is C16H24N2O. The Kier molecular flexibility index (Phi) is 3.74. The summed E-state index contributed by atoms with van der Waals surface area (Å²) in [6.45, 7) is 5.91. The third-order valence-corrected chi connectivity index (χ3v) is 4.04. The van der Waals surface area contributed by atoms with Crippen LogP contribution in [0.3, 0.4) is 0 Å². The molecule has 0 amide bonds. The van der Waals surface area contributed by atoms with Crippen molar-refractivity contribution < 1.29 is 4.74 Å². The first-order valence-corrected chi connectivity index (χ1v) is 7.55. The van der Waals surface area contributed by atoms with E-state index in [0.29, 0.717) is 0 Å². The van der Waals surface area contributed by atoms with Crippen LogP contribution in [0.4, 0.5) is 0 Å². The summed E-state index contributed by atoms with van der Waals surface area (Å²) in [5.41, 5.74) is 3.59. The van der Waals surface area contributed by atoms with Crippen LogP contribution in [0.5, 0.6) is 5.88 Å². The molecule has 1 aromatic rings. The number of pyridine rings is 1. The third-order valence-electron chi connectivity index (χ3n) is 4.04. The summed E-state index contributed by atoms with van der Waals surface area (Å²) in [4.78, 5) is 4.59. The zero-order chi connectivity index (χ0) is 13.2. The van der Waals surface area contributed by atoms with Gasteiger partial charge in [0.05, 0.1) is 6.61 Å². The number of nitrogens with one attached hydrogen (secondary N) is 1. The number of ether oxygens (including phenoxy) is 1. The third kappa shape index (κ3) is 3.69. The van der Waals surface area contributed by atoms with Crippen molar-refractivity contribution in [3.8, 4) is 5.88 Å². The lowest BCUT2D eigenvalue weighted by Crippen LogP contribution is -2.18. The zero-order valence-corrected chi connectivity index (χ0v) is 12.0. The van der Waals surface area contributed by atoms with Gasteiger partial charge >= 0.3 is 0 Å². The molecule has 104 valence electrons. The first kappa shape index (κ1) is 12.9. The molecular weight excluding hydrogens is 236 g/mol. The maximum atomic E-state index is 5.95. The molecule has 0 aromatic carbocycles. The minimum absolute atomic E-state index is 0.722. The van der Waals surface area contributed by atoms with E-state index in [9.17, 15) is 0 Å². The second kappa shape index (κ2) is 5.49. The van der Waals surface area contributed by atoms with Gasteiger partial charge in [-0.2, -0.15) is 0 Å². The molecule has 0 bridgehead atoms. The fourth-order valence-corrected chi connectivity index (χ4v) is 2.43. The van der Waals surface area contributed by atoms with E-state index < -0.39 is 0 Å². The Morgan fingerprint density at radius 2 is 2.05 bits per heavy atom. The van der Waals surface area contributed by atoms with Crippen molar-refractivity contribution in [3.05, 3.63) is 22.9 Å². The Balaban J connectivity index is 1.65. The molecule has 0 radical (unpaired) electrons. The fourth-order valence-electron chi connectivity index (χ4n) is 2.43. The Hall–Kier alpha value is -1.09. The number of aryl methyl sites for hydroxylation is 2. The highest BCUT2D eigenvalue weighted by Crippen LogP contribution is 2.32. The molecule has 2 aliphatic carbocycles. The summed E-state index contributed by atoms with van der Waals surface area (Å²) < 4.78 is 5.95. The van der Waals surface area contributed by atoms with Gasteiger partial charge in [-0.1, -0.05) is 12.8 Å². The highest BCUT2D eigenvalue weighted by Gasteiger charge is 2.23. The van der Waals surface area contributed by atoms with Crippen LogP contribution < -0.4 is 10.1 Å². The molecule has 2 saturated carbocycles. The Morgan fingerprint density at radius 1 is 1.26 bits per heavy atom. The summed E-state index contributed by atoms with van der Waals surface area (Å²) >= 11 is 0. The summed E-state index contributed by atoms with van der Waals surface area (Å²) in [5.74, 6) is 1.77. The van der Waals surface area contributed by atoms with Gasteiger partial charge in [0.25, 0.3) is 0 Å². The van der Waals surface area contributed by atoms with Crippen LogP contribution in [0.2, 0.25) is 0 Å². The Morgan fingerprint density at radius 3 is 2.74 bits per heavy atom. The SMILES string of the molecule is Cc1cc(C)c(CNC2CC2)c(OCCC2CC2)n1. The van der Waals surface area contributed by atoms with Gasteiger partial charge in [0, 0.05) is 23.8 Å². The summed E-state index contributed by atoms with van der Waals surface area (Å²) in [6, 6.07) is 2.87. The average Bonchev–Trinajstić information content (AvgIpc) is 3.23. The van der Waals surface area contributed by atoms with Crippen molar-refractivity contribution in [3.63, 3.8) is 0 Å².